The van der Waals surface area contributed by atoms with Gasteiger partial charge in [-0.3, -0.25) is 0 Å². The first-order chi connectivity index (χ1) is 12.5. The van der Waals surface area contributed by atoms with E-state index in [4.69, 9.17) is 9.47 Å². The number of rotatable bonds is 7. The van der Waals surface area contributed by atoms with Gasteiger partial charge in [0.25, 0.3) is 0 Å². The smallest absolute Gasteiger partial charge is 0.318 e. The maximum absolute atomic E-state index is 12.7. The number of hydrogen-bond acceptors (Lipinski definition) is 3. The highest BCUT2D eigenvalue weighted by Crippen LogP contribution is 2.29. The number of methoxy groups -OCH3 is 2. The van der Waals surface area contributed by atoms with Crippen LogP contribution in [0.25, 0.3) is 0 Å². The maximum atomic E-state index is 12.7. The van der Waals surface area contributed by atoms with Crippen LogP contribution < -0.4 is 14.8 Å². The summed E-state index contributed by atoms with van der Waals surface area (Å²) in [6.45, 7) is 7.21. The minimum Gasteiger partial charge on any atom is -0.497 e. The molecule has 2 rings (SSSR count). The molecule has 0 aliphatic carbocycles. The van der Waals surface area contributed by atoms with Crippen molar-refractivity contribution < 1.29 is 14.3 Å². The van der Waals surface area contributed by atoms with Gasteiger partial charge in [0.15, 0.2) is 0 Å². The Bertz CT molecular complexity index is 746. The van der Waals surface area contributed by atoms with Crippen molar-refractivity contribution >= 4 is 6.03 Å². The molecule has 1 unspecified atom stereocenters. The Morgan fingerprint density at radius 3 is 2.50 bits per heavy atom. The Hall–Kier alpha value is -2.69. The topological polar surface area (TPSA) is 50.8 Å². The van der Waals surface area contributed by atoms with E-state index in [9.17, 15) is 4.79 Å². The van der Waals surface area contributed by atoms with Crippen molar-refractivity contribution in [3.8, 4) is 11.5 Å². The van der Waals surface area contributed by atoms with E-state index in [2.05, 4.69) is 24.4 Å². The van der Waals surface area contributed by atoms with Crippen molar-refractivity contribution in [2.45, 2.75) is 33.4 Å². The normalized spacial score (nSPS) is 11.6. The lowest BCUT2D eigenvalue weighted by atomic mass is 10.1. The molecule has 1 N–H and O–H groups in total. The second-order valence-electron chi connectivity index (χ2n) is 6.22. The van der Waals surface area contributed by atoms with Crippen LogP contribution in [0.4, 0.5) is 4.79 Å². The van der Waals surface area contributed by atoms with Crippen LogP contribution in [0.5, 0.6) is 11.5 Å². The first-order valence-electron chi connectivity index (χ1n) is 8.82. The SMILES string of the molecule is CCN(Cc1ccccc1C)C(=O)NC(C)c1ccc(OC)cc1OC. The molecule has 0 aromatic heterocycles. The molecular formula is C21H28N2O3. The molecule has 0 aliphatic heterocycles. The lowest BCUT2D eigenvalue weighted by Crippen LogP contribution is -2.40. The zero-order chi connectivity index (χ0) is 19.1. The summed E-state index contributed by atoms with van der Waals surface area (Å²) in [5.41, 5.74) is 3.25. The summed E-state index contributed by atoms with van der Waals surface area (Å²) in [4.78, 5) is 14.5. The number of nitrogens with one attached hydrogen (secondary N) is 1. The molecule has 0 bridgehead atoms. The highest BCUT2D eigenvalue weighted by molar-refractivity contribution is 5.75. The highest BCUT2D eigenvalue weighted by Gasteiger charge is 2.19. The van der Waals surface area contributed by atoms with Crippen LogP contribution in [0.1, 0.15) is 36.6 Å². The Labute approximate surface area is 155 Å². The minimum atomic E-state index is -0.186. The Kier molecular flexibility index (Phi) is 6.89. The molecule has 2 aromatic carbocycles. The van der Waals surface area contributed by atoms with Gasteiger partial charge in [-0.15, -0.1) is 0 Å². The summed E-state index contributed by atoms with van der Waals surface area (Å²) < 4.78 is 10.7. The van der Waals surface area contributed by atoms with Gasteiger partial charge in [-0.05, 0) is 44.0 Å². The first kappa shape index (κ1) is 19.6. The molecule has 0 spiro atoms. The van der Waals surface area contributed by atoms with Gasteiger partial charge < -0.3 is 19.7 Å². The Morgan fingerprint density at radius 1 is 1.15 bits per heavy atom. The summed E-state index contributed by atoms with van der Waals surface area (Å²) in [5.74, 6) is 1.41. The number of hydrogen-bond donors (Lipinski definition) is 1. The number of urea groups is 1. The quantitative estimate of drug-likeness (QED) is 0.804. The average molecular weight is 356 g/mol. The van der Waals surface area contributed by atoms with E-state index in [1.54, 1.807) is 19.1 Å². The van der Waals surface area contributed by atoms with Gasteiger partial charge in [-0.25, -0.2) is 4.79 Å². The molecule has 0 heterocycles. The van der Waals surface area contributed by atoms with Crippen LogP contribution in [-0.2, 0) is 6.54 Å². The van der Waals surface area contributed by atoms with E-state index >= 15 is 0 Å². The van der Waals surface area contributed by atoms with Crippen molar-refractivity contribution in [2.75, 3.05) is 20.8 Å². The van der Waals surface area contributed by atoms with Crippen LogP contribution in [0, 0.1) is 6.92 Å². The molecule has 26 heavy (non-hydrogen) atoms. The molecule has 0 saturated carbocycles. The van der Waals surface area contributed by atoms with Gasteiger partial charge in [-0.2, -0.15) is 0 Å². The van der Waals surface area contributed by atoms with E-state index in [0.29, 0.717) is 18.8 Å². The average Bonchev–Trinajstić information content (AvgIpc) is 2.66. The molecule has 2 amide bonds. The predicted molar refractivity (Wildman–Crippen MR) is 104 cm³/mol. The molecule has 0 radical (unpaired) electrons. The summed E-state index contributed by atoms with van der Waals surface area (Å²) in [6, 6.07) is 13.4. The summed E-state index contributed by atoms with van der Waals surface area (Å²) in [7, 11) is 3.23. The van der Waals surface area contributed by atoms with Gasteiger partial charge >= 0.3 is 6.03 Å². The lowest BCUT2D eigenvalue weighted by Gasteiger charge is -2.25. The zero-order valence-electron chi connectivity index (χ0n) is 16.2. The van der Waals surface area contributed by atoms with Crippen LogP contribution in [-0.4, -0.2) is 31.7 Å². The van der Waals surface area contributed by atoms with E-state index in [1.165, 1.54) is 5.56 Å². The number of amides is 2. The first-order valence-corrected chi connectivity index (χ1v) is 8.82. The van der Waals surface area contributed by atoms with Crippen molar-refractivity contribution in [1.29, 1.82) is 0 Å². The maximum Gasteiger partial charge on any atom is 0.318 e. The number of carbonyl (C=O) groups is 1. The molecule has 0 saturated heterocycles. The number of aryl methyl sites for hydroxylation is 1. The zero-order valence-corrected chi connectivity index (χ0v) is 16.2. The van der Waals surface area contributed by atoms with Crippen molar-refractivity contribution in [3.63, 3.8) is 0 Å². The van der Waals surface area contributed by atoms with E-state index in [-0.39, 0.29) is 12.1 Å². The largest absolute Gasteiger partial charge is 0.497 e. The fourth-order valence-corrected chi connectivity index (χ4v) is 2.85. The van der Waals surface area contributed by atoms with Gasteiger partial charge in [0.05, 0.1) is 20.3 Å². The fourth-order valence-electron chi connectivity index (χ4n) is 2.85. The molecule has 140 valence electrons. The summed E-state index contributed by atoms with van der Waals surface area (Å²) in [6.07, 6.45) is 0. The fraction of sp³-hybridized carbons (Fsp3) is 0.381. The molecule has 1 atom stereocenters. The van der Waals surface area contributed by atoms with Crippen molar-refractivity contribution in [2.24, 2.45) is 0 Å². The van der Waals surface area contributed by atoms with Crippen LogP contribution in [0.3, 0.4) is 0 Å². The van der Waals surface area contributed by atoms with E-state index in [0.717, 1.165) is 16.9 Å². The third-order valence-corrected chi connectivity index (χ3v) is 4.54. The second kappa shape index (κ2) is 9.13. The third-order valence-electron chi connectivity index (χ3n) is 4.54. The van der Waals surface area contributed by atoms with Crippen LogP contribution >= 0.6 is 0 Å². The van der Waals surface area contributed by atoms with Gasteiger partial charge in [0, 0.05) is 24.7 Å². The van der Waals surface area contributed by atoms with Crippen LogP contribution in [0.2, 0.25) is 0 Å². The van der Waals surface area contributed by atoms with Gasteiger partial charge in [-0.1, -0.05) is 24.3 Å². The summed E-state index contributed by atoms with van der Waals surface area (Å²) >= 11 is 0. The summed E-state index contributed by atoms with van der Waals surface area (Å²) in [5, 5.41) is 3.07. The van der Waals surface area contributed by atoms with E-state index < -0.39 is 0 Å². The van der Waals surface area contributed by atoms with Crippen molar-refractivity contribution in [1.82, 2.24) is 10.2 Å². The third kappa shape index (κ3) is 4.69. The monoisotopic (exact) mass is 356 g/mol. The number of nitrogens with zero attached hydrogens (tertiary/aromatic N) is 1. The predicted octanol–water partition coefficient (Wildman–Crippen LogP) is 4.30. The Balaban J connectivity index is 2.10. The van der Waals surface area contributed by atoms with Crippen LogP contribution in [0.15, 0.2) is 42.5 Å². The van der Waals surface area contributed by atoms with E-state index in [1.807, 2.05) is 44.2 Å². The standard InChI is InChI=1S/C21H28N2O3/c1-6-23(14-17-10-8-7-9-15(17)2)21(24)22-16(3)19-12-11-18(25-4)13-20(19)26-5/h7-13,16H,6,14H2,1-5H3,(H,22,24). The van der Waals surface area contributed by atoms with Crippen molar-refractivity contribution in [3.05, 3.63) is 59.2 Å². The molecule has 0 aliphatic rings. The molecule has 2 aromatic rings. The van der Waals surface area contributed by atoms with Gasteiger partial charge in [0.1, 0.15) is 11.5 Å². The second-order valence-corrected chi connectivity index (χ2v) is 6.22. The highest BCUT2D eigenvalue weighted by atomic mass is 16.5. The van der Waals surface area contributed by atoms with Gasteiger partial charge in [0.2, 0.25) is 0 Å². The Morgan fingerprint density at radius 2 is 1.88 bits per heavy atom. The molecular weight excluding hydrogens is 328 g/mol. The molecule has 0 fully saturated rings. The number of benzene rings is 2. The minimum absolute atomic E-state index is 0.0962. The number of carbonyl (C=O) groups excluding carboxylic acids is 1. The molecule has 5 nitrogen and oxygen atoms in total. The molecule has 5 heteroatoms. The number of ether oxygens (including phenoxy) is 2. The lowest BCUT2D eigenvalue weighted by molar-refractivity contribution is 0.194.